The molecule has 1 heterocycles. The molecule has 192 valence electrons. The number of ether oxygens (including phenoxy) is 2. The number of carbonyl (C=O) groups is 2. The molecule has 3 aromatic rings. The fourth-order valence-electron chi connectivity index (χ4n) is 3.99. The van der Waals surface area contributed by atoms with Crippen molar-refractivity contribution < 1.29 is 23.5 Å². The molecule has 2 aromatic carbocycles. The van der Waals surface area contributed by atoms with Crippen molar-refractivity contribution in [3.63, 3.8) is 0 Å². The van der Waals surface area contributed by atoms with Crippen molar-refractivity contribution in [1.82, 2.24) is 0 Å². The van der Waals surface area contributed by atoms with Crippen molar-refractivity contribution >= 4 is 40.6 Å². The zero-order chi connectivity index (χ0) is 26.8. The Balaban J connectivity index is 1.84. The van der Waals surface area contributed by atoms with Crippen LogP contribution in [0.25, 0.3) is 17.0 Å². The zero-order valence-electron chi connectivity index (χ0n) is 22.7. The second-order valence-electron chi connectivity index (χ2n) is 10.4. The summed E-state index contributed by atoms with van der Waals surface area (Å²) >= 11 is 1.64. The maximum absolute atomic E-state index is 13.1. The molecule has 0 saturated carbocycles. The number of furan rings is 1. The van der Waals surface area contributed by atoms with Crippen LogP contribution in [0, 0.1) is 13.8 Å². The van der Waals surface area contributed by atoms with Gasteiger partial charge in [-0.1, -0.05) is 13.0 Å². The lowest BCUT2D eigenvalue weighted by Crippen LogP contribution is -2.43. The molecule has 0 spiro atoms. The van der Waals surface area contributed by atoms with Gasteiger partial charge in [-0.3, -0.25) is 4.79 Å². The molecule has 0 bridgehead atoms. The van der Waals surface area contributed by atoms with Gasteiger partial charge in [-0.2, -0.15) is 0 Å². The van der Waals surface area contributed by atoms with Gasteiger partial charge in [0, 0.05) is 15.8 Å². The Morgan fingerprint density at radius 2 is 1.67 bits per heavy atom. The number of thioether (sulfide) groups is 1. The third kappa shape index (κ3) is 6.22. The smallest absolute Gasteiger partial charge is 0.350 e. The molecule has 0 saturated heterocycles. The number of aryl methyl sites for hydroxylation is 3. The minimum atomic E-state index is -1.15. The highest BCUT2D eigenvalue weighted by Crippen LogP contribution is 2.32. The zero-order valence-corrected chi connectivity index (χ0v) is 23.5. The van der Waals surface area contributed by atoms with Gasteiger partial charge < -0.3 is 13.9 Å². The Labute approximate surface area is 218 Å². The van der Waals surface area contributed by atoms with E-state index in [9.17, 15) is 9.59 Å². The van der Waals surface area contributed by atoms with Crippen LogP contribution in [0.5, 0.6) is 5.75 Å². The van der Waals surface area contributed by atoms with E-state index in [-0.39, 0.29) is 5.78 Å². The van der Waals surface area contributed by atoms with Gasteiger partial charge in [0.1, 0.15) is 16.9 Å². The molecule has 36 heavy (non-hydrogen) atoms. The normalized spacial score (nSPS) is 12.4. The Morgan fingerprint density at radius 3 is 2.22 bits per heavy atom. The topological polar surface area (TPSA) is 65.7 Å². The highest BCUT2D eigenvalue weighted by molar-refractivity contribution is 7.98. The number of benzene rings is 2. The molecule has 0 radical (unpaired) electrons. The molecule has 0 N–H and O–H groups in total. The van der Waals surface area contributed by atoms with E-state index >= 15 is 0 Å². The number of ketones is 1. The molecule has 3 rings (SSSR count). The van der Waals surface area contributed by atoms with E-state index in [0.717, 1.165) is 38.1 Å². The van der Waals surface area contributed by atoms with Gasteiger partial charge in [-0.05, 0) is 114 Å². The predicted molar refractivity (Wildman–Crippen MR) is 147 cm³/mol. The number of allylic oxidation sites excluding steroid dienone is 1. The Bertz CT molecular complexity index is 1300. The molecular weight excluding hydrogens is 472 g/mol. The van der Waals surface area contributed by atoms with E-state index in [0.29, 0.717) is 17.9 Å². The minimum Gasteiger partial charge on any atom is -0.476 e. The van der Waals surface area contributed by atoms with Crippen LogP contribution in [0.2, 0.25) is 0 Å². The molecule has 6 heteroatoms. The molecular formula is C30H36O5S. The van der Waals surface area contributed by atoms with E-state index in [1.165, 1.54) is 0 Å². The summed E-state index contributed by atoms with van der Waals surface area (Å²) in [6, 6.07) is 9.91. The minimum absolute atomic E-state index is 0.171. The van der Waals surface area contributed by atoms with E-state index in [4.69, 9.17) is 13.9 Å². The van der Waals surface area contributed by atoms with Crippen molar-refractivity contribution in [1.29, 1.82) is 0 Å². The third-order valence-corrected chi connectivity index (χ3v) is 6.46. The Hall–Kier alpha value is -2.99. The monoisotopic (exact) mass is 508 g/mol. The van der Waals surface area contributed by atoms with Crippen molar-refractivity contribution in [2.24, 2.45) is 0 Å². The van der Waals surface area contributed by atoms with Gasteiger partial charge in [0.15, 0.2) is 11.4 Å². The van der Waals surface area contributed by atoms with E-state index in [2.05, 4.69) is 0 Å². The quantitative estimate of drug-likeness (QED) is 0.134. The molecule has 5 nitrogen and oxygen atoms in total. The summed E-state index contributed by atoms with van der Waals surface area (Å²) in [6.45, 7) is 14.8. The summed E-state index contributed by atoms with van der Waals surface area (Å²) in [6.07, 6.45) is 6.05. The number of rotatable bonds is 8. The molecule has 0 amide bonds. The lowest BCUT2D eigenvalue weighted by Gasteiger charge is -2.30. The number of esters is 1. The van der Waals surface area contributed by atoms with Crippen LogP contribution >= 0.6 is 11.8 Å². The number of fused-ring (bicyclic) bond motifs is 1. The molecule has 0 atom stereocenters. The average Bonchev–Trinajstić information content (AvgIpc) is 3.16. The van der Waals surface area contributed by atoms with Gasteiger partial charge in [0.25, 0.3) is 0 Å². The summed E-state index contributed by atoms with van der Waals surface area (Å²) < 4.78 is 17.6. The van der Waals surface area contributed by atoms with Gasteiger partial charge in [0.2, 0.25) is 5.78 Å². The lowest BCUT2D eigenvalue weighted by molar-refractivity contribution is -0.171. The van der Waals surface area contributed by atoms with Crippen LogP contribution in [0.4, 0.5) is 0 Å². The first-order valence-electron chi connectivity index (χ1n) is 12.1. The summed E-state index contributed by atoms with van der Waals surface area (Å²) in [5, 5.41) is 0.979. The Kier molecular flexibility index (Phi) is 8.09. The molecule has 0 fully saturated rings. The summed E-state index contributed by atoms with van der Waals surface area (Å²) in [5.41, 5.74) is 2.49. The highest BCUT2D eigenvalue weighted by Gasteiger charge is 2.35. The summed E-state index contributed by atoms with van der Waals surface area (Å²) in [5.74, 6) is 0.417. The lowest BCUT2D eigenvalue weighted by atomic mass is 10.0. The van der Waals surface area contributed by atoms with Crippen LogP contribution in [0.15, 0.2) is 45.7 Å². The van der Waals surface area contributed by atoms with Gasteiger partial charge in [-0.15, -0.1) is 11.8 Å². The van der Waals surface area contributed by atoms with Gasteiger partial charge in [-0.25, -0.2) is 4.79 Å². The van der Waals surface area contributed by atoms with Crippen molar-refractivity contribution in [2.45, 2.75) is 77.9 Å². The van der Waals surface area contributed by atoms with Crippen LogP contribution < -0.4 is 4.74 Å². The van der Waals surface area contributed by atoms with Crippen molar-refractivity contribution in [3.05, 3.63) is 64.4 Å². The molecule has 0 unspecified atom stereocenters. The highest BCUT2D eigenvalue weighted by atomic mass is 32.2. The predicted octanol–water partition coefficient (Wildman–Crippen LogP) is 7.73. The maximum atomic E-state index is 13.1. The fraction of sp³-hybridized carbons (Fsp3) is 0.400. The number of hydrogen-bond donors (Lipinski definition) is 0. The largest absolute Gasteiger partial charge is 0.476 e. The third-order valence-electron chi connectivity index (χ3n) is 5.73. The Morgan fingerprint density at radius 1 is 1.03 bits per heavy atom. The first kappa shape index (κ1) is 27.6. The van der Waals surface area contributed by atoms with Gasteiger partial charge >= 0.3 is 5.97 Å². The summed E-state index contributed by atoms with van der Waals surface area (Å²) in [4.78, 5) is 26.8. The number of hydrogen-bond acceptors (Lipinski definition) is 6. The average molecular weight is 509 g/mol. The molecule has 0 aliphatic rings. The van der Waals surface area contributed by atoms with Crippen LogP contribution in [-0.4, -0.2) is 29.2 Å². The van der Waals surface area contributed by atoms with Gasteiger partial charge in [0.05, 0.1) is 0 Å². The standard InChI is InChI=1S/C30H36O5S/c1-10-22-23-13-12-21(36-9)17-25(23)33-27(22)24(31)14-11-20-15-18(2)26(19(3)16-20)34-30(7,8)28(32)35-29(4,5)6/h11-17H,10H2,1-9H3/b14-11+. The fourth-order valence-corrected chi connectivity index (χ4v) is 4.42. The van der Waals surface area contributed by atoms with Crippen LogP contribution in [0.1, 0.15) is 74.4 Å². The van der Waals surface area contributed by atoms with Crippen LogP contribution in [-0.2, 0) is 16.0 Å². The molecule has 1 aromatic heterocycles. The SMILES string of the molecule is CCc1c(C(=O)/C=C/c2cc(C)c(OC(C)(C)C(=O)OC(C)(C)C)c(C)c2)oc2cc(SC)ccc12. The second kappa shape index (κ2) is 10.6. The van der Waals surface area contributed by atoms with Crippen molar-refractivity contribution in [2.75, 3.05) is 6.26 Å². The van der Waals surface area contributed by atoms with E-state index in [1.807, 2.05) is 78.1 Å². The van der Waals surface area contributed by atoms with Crippen molar-refractivity contribution in [3.8, 4) is 5.75 Å². The maximum Gasteiger partial charge on any atom is 0.350 e. The molecule has 0 aliphatic carbocycles. The van der Waals surface area contributed by atoms with Crippen LogP contribution in [0.3, 0.4) is 0 Å². The first-order chi connectivity index (χ1) is 16.8. The summed E-state index contributed by atoms with van der Waals surface area (Å²) in [7, 11) is 0. The number of carbonyl (C=O) groups excluding carboxylic acids is 2. The second-order valence-corrected chi connectivity index (χ2v) is 11.3. The first-order valence-corrected chi connectivity index (χ1v) is 13.3. The van der Waals surface area contributed by atoms with E-state index < -0.39 is 17.2 Å². The molecule has 0 aliphatic heterocycles. The van der Waals surface area contributed by atoms with E-state index in [1.54, 1.807) is 37.8 Å².